The van der Waals surface area contributed by atoms with Crippen molar-refractivity contribution in [2.24, 2.45) is 11.8 Å². The summed E-state index contributed by atoms with van der Waals surface area (Å²) in [6.07, 6.45) is 3.45. The van der Waals surface area contributed by atoms with E-state index in [2.05, 4.69) is 29.3 Å². The van der Waals surface area contributed by atoms with Crippen molar-refractivity contribution in [2.45, 2.75) is 46.5 Å². The zero-order valence-electron chi connectivity index (χ0n) is 18.7. The maximum atomic E-state index is 12.8. The summed E-state index contributed by atoms with van der Waals surface area (Å²) >= 11 is 1.72. The SMILES string of the molecule is CCc1ccc(NC(=O)C2CCc3nc(N4CCN(C(=O)C(C)C)CC4)sc3C2)cc1. The predicted molar refractivity (Wildman–Crippen MR) is 126 cm³/mol. The smallest absolute Gasteiger partial charge is 0.227 e. The van der Waals surface area contributed by atoms with Crippen LogP contribution in [0.1, 0.15) is 43.3 Å². The van der Waals surface area contributed by atoms with Gasteiger partial charge >= 0.3 is 0 Å². The molecule has 7 heteroatoms. The molecule has 2 aliphatic rings. The molecule has 1 unspecified atom stereocenters. The monoisotopic (exact) mass is 440 g/mol. The number of nitrogens with one attached hydrogen (secondary N) is 1. The molecule has 1 aromatic heterocycles. The number of carbonyl (C=O) groups excluding carboxylic acids is 2. The van der Waals surface area contributed by atoms with E-state index in [1.54, 1.807) is 11.3 Å². The Morgan fingerprint density at radius 1 is 1.16 bits per heavy atom. The Morgan fingerprint density at radius 3 is 2.52 bits per heavy atom. The molecular formula is C24H32N4O2S. The molecule has 0 bridgehead atoms. The first-order valence-electron chi connectivity index (χ1n) is 11.4. The summed E-state index contributed by atoms with van der Waals surface area (Å²) in [4.78, 5) is 35.4. The number of carbonyl (C=O) groups is 2. The molecule has 1 aliphatic heterocycles. The first kappa shape index (κ1) is 21.8. The number of nitrogens with zero attached hydrogens (tertiary/aromatic N) is 3. The second kappa shape index (κ2) is 9.39. The number of benzene rings is 1. The number of rotatable bonds is 5. The summed E-state index contributed by atoms with van der Waals surface area (Å²) in [6, 6.07) is 8.11. The fourth-order valence-corrected chi connectivity index (χ4v) is 5.51. The third-order valence-electron chi connectivity index (χ3n) is 6.28. The summed E-state index contributed by atoms with van der Waals surface area (Å²) in [5.74, 6) is 0.375. The highest BCUT2D eigenvalue weighted by molar-refractivity contribution is 7.15. The van der Waals surface area contributed by atoms with Gasteiger partial charge in [-0.1, -0.05) is 32.9 Å². The second-order valence-electron chi connectivity index (χ2n) is 8.81. The van der Waals surface area contributed by atoms with E-state index in [-0.39, 0.29) is 23.7 Å². The van der Waals surface area contributed by atoms with Gasteiger partial charge in [-0.2, -0.15) is 0 Å². The third-order valence-corrected chi connectivity index (χ3v) is 7.47. The molecule has 0 saturated carbocycles. The molecule has 1 atom stereocenters. The number of fused-ring (bicyclic) bond motifs is 1. The van der Waals surface area contributed by atoms with E-state index in [1.165, 1.54) is 10.4 Å². The fourth-order valence-electron chi connectivity index (χ4n) is 4.27. The molecular weight excluding hydrogens is 408 g/mol. The van der Waals surface area contributed by atoms with E-state index in [1.807, 2.05) is 30.9 Å². The Morgan fingerprint density at radius 2 is 1.87 bits per heavy atom. The Hall–Kier alpha value is -2.41. The highest BCUT2D eigenvalue weighted by Crippen LogP contribution is 2.35. The molecule has 31 heavy (non-hydrogen) atoms. The molecule has 1 saturated heterocycles. The lowest BCUT2D eigenvalue weighted by atomic mass is 9.90. The van der Waals surface area contributed by atoms with Gasteiger partial charge in [0.15, 0.2) is 5.13 Å². The first-order chi connectivity index (χ1) is 14.9. The van der Waals surface area contributed by atoms with Crippen LogP contribution in [0.3, 0.4) is 0 Å². The van der Waals surface area contributed by atoms with Gasteiger partial charge in [0.1, 0.15) is 0 Å². The number of aryl methyl sites for hydroxylation is 2. The van der Waals surface area contributed by atoms with E-state index in [0.29, 0.717) is 0 Å². The van der Waals surface area contributed by atoms with Gasteiger partial charge in [0.25, 0.3) is 0 Å². The molecule has 1 aliphatic carbocycles. The Labute approximate surface area is 188 Å². The molecule has 0 spiro atoms. The maximum absolute atomic E-state index is 12.8. The van der Waals surface area contributed by atoms with Gasteiger partial charge in [-0.25, -0.2) is 4.98 Å². The van der Waals surface area contributed by atoms with E-state index < -0.39 is 0 Å². The van der Waals surface area contributed by atoms with Gasteiger partial charge in [-0.05, 0) is 43.4 Å². The fraction of sp³-hybridized carbons (Fsp3) is 0.542. The largest absolute Gasteiger partial charge is 0.345 e. The van der Waals surface area contributed by atoms with Crippen LogP contribution in [0.25, 0.3) is 0 Å². The van der Waals surface area contributed by atoms with Crippen molar-refractivity contribution in [3.63, 3.8) is 0 Å². The molecule has 0 radical (unpaired) electrons. The average molecular weight is 441 g/mol. The summed E-state index contributed by atoms with van der Waals surface area (Å²) in [5, 5.41) is 4.13. The normalized spacial score (nSPS) is 18.8. The molecule has 2 amide bonds. The van der Waals surface area contributed by atoms with E-state index in [0.717, 1.165) is 68.4 Å². The highest BCUT2D eigenvalue weighted by Gasteiger charge is 2.30. The van der Waals surface area contributed by atoms with Gasteiger partial charge in [-0.15, -0.1) is 11.3 Å². The van der Waals surface area contributed by atoms with E-state index >= 15 is 0 Å². The zero-order chi connectivity index (χ0) is 22.0. The standard InChI is InChI=1S/C24H32N4O2S/c1-4-17-5-8-19(9-6-17)25-22(29)18-7-10-20-21(15-18)31-24(26-20)28-13-11-27(12-14-28)23(30)16(2)3/h5-6,8-9,16,18H,4,7,10-15H2,1-3H3,(H,25,29). The molecule has 2 aromatic rings. The summed E-state index contributed by atoms with van der Waals surface area (Å²) in [5.41, 5.74) is 3.29. The van der Waals surface area contributed by atoms with Gasteiger partial charge < -0.3 is 15.1 Å². The Kier molecular flexibility index (Phi) is 6.60. The van der Waals surface area contributed by atoms with Gasteiger partial charge in [0, 0.05) is 48.6 Å². The average Bonchev–Trinajstić information content (AvgIpc) is 3.22. The number of amides is 2. The number of hydrogen-bond acceptors (Lipinski definition) is 5. The number of aromatic nitrogens is 1. The minimum Gasteiger partial charge on any atom is -0.345 e. The van der Waals surface area contributed by atoms with Crippen LogP contribution in [0.2, 0.25) is 0 Å². The zero-order valence-corrected chi connectivity index (χ0v) is 19.5. The minimum atomic E-state index is -0.00726. The number of anilines is 2. The molecule has 6 nitrogen and oxygen atoms in total. The third kappa shape index (κ3) is 4.92. The van der Waals surface area contributed by atoms with Crippen LogP contribution in [-0.2, 0) is 28.9 Å². The lowest BCUT2D eigenvalue weighted by Gasteiger charge is -2.35. The van der Waals surface area contributed by atoms with Crippen molar-refractivity contribution >= 4 is 34.0 Å². The van der Waals surface area contributed by atoms with Crippen LogP contribution in [-0.4, -0.2) is 47.9 Å². The maximum Gasteiger partial charge on any atom is 0.227 e. The van der Waals surface area contributed by atoms with Crippen molar-refractivity contribution < 1.29 is 9.59 Å². The van der Waals surface area contributed by atoms with Crippen LogP contribution in [0, 0.1) is 11.8 Å². The molecule has 1 fully saturated rings. The Bertz CT molecular complexity index is 930. The topological polar surface area (TPSA) is 65.5 Å². The van der Waals surface area contributed by atoms with Crippen LogP contribution >= 0.6 is 11.3 Å². The van der Waals surface area contributed by atoms with Crippen molar-refractivity contribution in [3.8, 4) is 0 Å². The summed E-state index contributed by atoms with van der Waals surface area (Å²) in [6.45, 7) is 9.19. The molecule has 1 aromatic carbocycles. The van der Waals surface area contributed by atoms with Crippen LogP contribution in [0.4, 0.5) is 10.8 Å². The van der Waals surface area contributed by atoms with Crippen molar-refractivity contribution in [1.29, 1.82) is 0 Å². The van der Waals surface area contributed by atoms with Gasteiger partial charge in [-0.3, -0.25) is 9.59 Å². The van der Waals surface area contributed by atoms with Crippen molar-refractivity contribution in [2.75, 3.05) is 36.4 Å². The quantitative estimate of drug-likeness (QED) is 0.769. The molecule has 166 valence electrons. The number of piperazine rings is 1. The molecule has 2 heterocycles. The Balaban J connectivity index is 1.35. The lowest BCUT2D eigenvalue weighted by molar-refractivity contribution is -0.134. The van der Waals surface area contributed by atoms with Gasteiger partial charge in [0.05, 0.1) is 5.69 Å². The summed E-state index contributed by atoms with van der Waals surface area (Å²) < 4.78 is 0. The van der Waals surface area contributed by atoms with Crippen LogP contribution in [0.15, 0.2) is 24.3 Å². The minimum absolute atomic E-state index is 0.00726. The highest BCUT2D eigenvalue weighted by atomic mass is 32.1. The van der Waals surface area contributed by atoms with Crippen LogP contribution < -0.4 is 10.2 Å². The van der Waals surface area contributed by atoms with Crippen molar-refractivity contribution in [3.05, 3.63) is 40.4 Å². The van der Waals surface area contributed by atoms with E-state index in [4.69, 9.17) is 4.98 Å². The van der Waals surface area contributed by atoms with Crippen molar-refractivity contribution in [1.82, 2.24) is 9.88 Å². The second-order valence-corrected chi connectivity index (χ2v) is 9.87. The van der Waals surface area contributed by atoms with E-state index in [9.17, 15) is 9.59 Å². The number of hydrogen-bond donors (Lipinski definition) is 1. The molecule has 4 rings (SSSR count). The molecule has 1 N–H and O–H groups in total. The predicted octanol–water partition coefficient (Wildman–Crippen LogP) is 3.75. The first-order valence-corrected chi connectivity index (χ1v) is 12.2. The van der Waals surface area contributed by atoms with Gasteiger partial charge in [0.2, 0.25) is 11.8 Å². The van der Waals surface area contributed by atoms with Crippen LogP contribution in [0.5, 0.6) is 0 Å². The lowest BCUT2D eigenvalue weighted by Crippen LogP contribution is -2.49. The number of thiazole rings is 1. The summed E-state index contributed by atoms with van der Waals surface area (Å²) in [7, 11) is 0.